The Balaban J connectivity index is 0.000000396. The van der Waals surface area contributed by atoms with Crippen LogP contribution in [0.1, 0.15) is 0 Å². The summed E-state index contributed by atoms with van der Waals surface area (Å²) in [4.78, 5) is 13.2. The Kier molecular flexibility index (Phi) is 7.23. The Hall–Kier alpha value is -1.03. The van der Waals surface area contributed by atoms with Gasteiger partial charge in [-0.15, -0.1) is 0 Å². The molecule has 0 saturated carbocycles. The predicted molar refractivity (Wildman–Crippen MR) is 88.3 cm³/mol. The molecule has 0 saturated heterocycles. The molecule has 0 aliphatic rings. The largest absolute Gasteiger partial charge is 0.255 e. The molecule has 0 atom stereocenters. The summed E-state index contributed by atoms with van der Waals surface area (Å²) in [6, 6.07) is 17.5. The van der Waals surface area contributed by atoms with E-state index in [4.69, 9.17) is 28.8 Å². The first-order chi connectivity index (χ1) is 10.7. The van der Waals surface area contributed by atoms with Crippen molar-refractivity contribution in [2.75, 3.05) is 0 Å². The van der Waals surface area contributed by atoms with Gasteiger partial charge in [0.15, 0.2) is 0 Å². The van der Waals surface area contributed by atoms with Crippen molar-refractivity contribution in [2.24, 2.45) is 0 Å². The summed E-state index contributed by atoms with van der Waals surface area (Å²) in [7, 11) is 14.9. The second-order valence-electron chi connectivity index (χ2n) is 3.98. The third-order valence-electron chi connectivity index (χ3n) is 2.60. The zero-order chi connectivity index (χ0) is 15.8. The van der Waals surface area contributed by atoms with Crippen molar-refractivity contribution >= 4 is 28.8 Å². The van der Waals surface area contributed by atoms with Crippen molar-refractivity contribution in [1.82, 2.24) is 15.0 Å². The number of halogens is 3. The van der Waals surface area contributed by atoms with Gasteiger partial charge in [0.05, 0.1) is 22.8 Å². The fourth-order valence-corrected chi connectivity index (χ4v) is 1.75. The molecule has 3 aromatic rings. The van der Waals surface area contributed by atoms with Crippen LogP contribution in [0, 0.1) is 0 Å². The summed E-state index contributed by atoms with van der Waals surface area (Å²) in [5, 5.41) is 0. The van der Waals surface area contributed by atoms with E-state index in [1.165, 1.54) is 0 Å². The minimum absolute atomic E-state index is 0.860. The number of hydrogen-bond donors (Lipinski definition) is 0. The third kappa shape index (κ3) is 5.64. The quantitative estimate of drug-likeness (QED) is 0.452. The average Bonchev–Trinajstić information content (AvgIpc) is 2.56. The normalized spacial score (nSPS) is 10.4. The van der Waals surface area contributed by atoms with Gasteiger partial charge >= 0.3 is 42.2 Å². The summed E-state index contributed by atoms with van der Waals surface area (Å²) in [5.74, 6) is 0. The Morgan fingerprint density at radius 1 is 0.591 bits per heavy atom. The van der Waals surface area contributed by atoms with Gasteiger partial charge in [-0.25, -0.2) is 4.98 Å². The van der Waals surface area contributed by atoms with Crippen LogP contribution in [0.2, 0.25) is 0 Å². The Bertz CT molecular complexity index is 639. The van der Waals surface area contributed by atoms with Crippen LogP contribution in [0.25, 0.3) is 22.8 Å². The van der Waals surface area contributed by atoms with Gasteiger partial charge in [0.25, 0.3) is 0 Å². The fourth-order valence-electron chi connectivity index (χ4n) is 1.75. The van der Waals surface area contributed by atoms with Crippen molar-refractivity contribution in [1.29, 1.82) is 0 Å². The molecule has 3 aromatic heterocycles. The SMILES string of the molecule is [Cl][Ir]([Cl])[Cl].c1ccc(-c2cccc(-c3ccccn3)n2)nc1. The van der Waals surface area contributed by atoms with Crippen LogP contribution in [0.5, 0.6) is 0 Å². The molecule has 0 bridgehead atoms. The van der Waals surface area contributed by atoms with Gasteiger partial charge in [-0.1, -0.05) is 18.2 Å². The molecule has 0 unspecified atom stereocenters. The minimum atomic E-state index is -1.92. The van der Waals surface area contributed by atoms with Crippen molar-refractivity contribution in [3.05, 3.63) is 67.0 Å². The molecule has 0 radical (unpaired) electrons. The number of aromatic nitrogens is 3. The number of rotatable bonds is 2. The molecule has 116 valence electrons. The molecule has 0 N–H and O–H groups in total. The van der Waals surface area contributed by atoms with E-state index < -0.39 is 13.5 Å². The van der Waals surface area contributed by atoms with Gasteiger partial charge in [-0.05, 0) is 36.4 Å². The van der Waals surface area contributed by atoms with Crippen LogP contribution >= 0.6 is 28.8 Å². The Morgan fingerprint density at radius 3 is 1.36 bits per heavy atom. The van der Waals surface area contributed by atoms with Crippen LogP contribution in [0.15, 0.2) is 67.0 Å². The smallest absolute Gasteiger partial charge is 0.0894 e. The minimum Gasteiger partial charge on any atom is -0.255 e. The summed E-state index contributed by atoms with van der Waals surface area (Å²) in [6.45, 7) is 0. The molecular formula is C15H11Cl3IrN3. The van der Waals surface area contributed by atoms with E-state index in [0.717, 1.165) is 22.8 Å². The molecule has 0 aliphatic carbocycles. The number of nitrogens with zero attached hydrogens (tertiary/aromatic N) is 3. The van der Waals surface area contributed by atoms with Crippen molar-refractivity contribution in [3.63, 3.8) is 0 Å². The first-order valence-electron chi connectivity index (χ1n) is 6.11. The summed E-state index contributed by atoms with van der Waals surface area (Å²) in [6.07, 6.45) is 3.54. The summed E-state index contributed by atoms with van der Waals surface area (Å²) < 4.78 is 0. The maximum Gasteiger partial charge on any atom is 0.0894 e. The molecule has 3 rings (SSSR count). The molecule has 22 heavy (non-hydrogen) atoms. The second-order valence-corrected chi connectivity index (χ2v) is 14.4. The molecule has 7 heteroatoms. The molecule has 0 spiro atoms. The monoisotopic (exact) mass is 531 g/mol. The van der Waals surface area contributed by atoms with E-state index in [1.807, 2.05) is 54.6 Å². The molecule has 3 heterocycles. The van der Waals surface area contributed by atoms with Crippen LogP contribution < -0.4 is 0 Å². The van der Waals surface area contributed by atoms with Crippen LogP contribution in [0.4, 0.5) is 0 Å². The number of pyridine rings is 3. The van der Waals surface area contributed by atoms with E-state index in [0.29, 0.717) is 0 Å². The van der Waals surface area contributed by atoms with E-state index in [1.54, 1.807) is 12.4 Å². The van der Waals surface area contributed by atoms with Crippen molar-refractivity contribution < 1.29 is 13.5 Å². The predicted octanol–water partition coefficient (Wildman–Crippen LogP) is 5.27. The molecule has 0 aromatic carbocycles. The van der Waals surface area contributed by atoms with E-state index in [9.17, 15) is 0 Å². The molecule has 0 aliphatic heterocycles. The maximum absolute atomic E-state index is 4.97. The Morgan fingerprint density at radius 2 is 1.00 bits per heavy atom. The first kappa shape index (κ1) is 17.3. The maximum atomic E-state index is 4.97. The average molecular weight is 532 g/mol. The fraction of sp³-hybridized carbons (Fsp3) is 0. The standard InChI is InChI=1S/C15H11N3.3ClH.Ir/c1-3-10-16-12(6-1)14-8-5-9-15(18-14)13-7-2-4-11-17-13;;;;/h1-11H;3*1H;/q;;;;+3/p-3. The number of hydrogen-bond acceptors (Lipinski definition) is 3. The van der Waals surface area contributed by atoms with Gasteiger partial charge in [-0.3, -0.25) is 9.97 Å². The van der Waals surface area contributed by atoms with Crippen LogP contribution in [-0.4, -0.2) is 15.0 Å². The molecule has 3 nitrogen and oxygen atoms in total. The van der Waals surface area contributed by atoms with Crippen LogP contribution in [-0.2, 0) is 13.5 Å². The van der Waals surface area contributed by atoms with E-state index in [-0.39, 0.29) is 0 Å². The van der Waals surface area contributed by atoms with Crippen molar-refractivity contribution in [3.8, 4) is 22.8 Å². The van der Waals surface area contributed by atoms with Gasteiger partial charge in [0, 0.05) is 12.4 Å². The Labute approximate surface area is 146 Å². The summed E-state index contributed by atoms with van der Waals surface area (Å²) >= 11 is -1.92. The van der Waals surface area contributed by atoms with Gasteiger partial charge in [0.2, 0.25) is 0 Å². The third-order valence-corrected chi connectivity index (χ3v) is 2.60. The summed E-state index contributed by atoms with van der Waals surface area (Å²) in [5.41, 5.74) is 3.46. The molecular weight excluding hydrogens is 521 g/mol. The molecule has 0 amide bonds. The molecule has 0 fully saturated rings. The zero-order valence-corrected chi connectivity index (χ0v) is 15.8. The van der Waals surface area contributed by atoms with Gasteiger partial charge in [-0.2, -0.15) is 0 Å². The van der Waals surface area contributed by atoms with Crippen LogP contribution in [0.3, 0.4) is 0 Å². The van der Waals surface area contributed by atoms with E-state index in [2.05, 4.69) is 15.0 Å². The first-order valence-corrected chi connectivity index (χ1v) is 15.0. The van der Waals surface area contributed by atoms with Crippen molar-refractivity contribution in [2.45, 2.75) is 0 Å². The van der Waals surface area contributed by atoms with Gasteiger partial charge < -0.3 is 0 Å². The van der Waals surface area contributed by atoms with E-state index >= 15 is 0 Å². The zero-order valence-electron chi connectivity index (χ0n) is 11.2. The topological polar surface area (TPSA) is 38.7 Å². The second kappa shape index (κ2) is 9.19. The van der Waals surface area contributed by atoms with Gasteiger partial charge in [0.1, 0.15) is 0 Å².